The summed E-state index contributed by atoms with van der Waals surface area (Å²) in [6.45, 7) is -0.642. The molecule has 0 aliphatic carbocycles. The SMILES string of the molecule is O=COC1Oc2ccccc2O1. The number of carbonyl (C=O) groups is 1. The van der Waals surface area contributed by atoms with Crippen molar-refractivity contribution in [3.63, 3.8) is 0 Å². The van der Waals surface area contributed by atoms with Crippen molar-refractivity contribution in [2.75, 3.05) is 0 Å². The zero-order valence-electron chi connectivity index (χ0n) is 6.10. The maximum Gasteiger partial charge on any atom is 0.408 e. The summed E-state index contributed by atoms with van der Waals surface area (Å²) in [5.41, 5.74) is 0. The molecule has 2 rings (SSSR count). The topological polar surface area (TPSA) is 44.8 Å². The minimum atomic E-state index is -0.931. The van der Waals surface area contributed by atoms with E-state index in [0.717, 1.165) is 0 Å². The first-order valence-electron chi connectivity index (χ1n) is 3.41. The van der Waals surface area contributed by atoms with Crippen LogP contribution in [0.5, 0.6) is 11.5 Å². The summed E-state index contributed by atoms with van der Waals surface area (Å²) in [6, 6.07) is 7.10. The first kappa shape index (κ1) is 6.97. The van der Waals surface area contributed by atoms with Crippen LogP contribution in [-0.2, 0) is 9.53 Å². The van der Waals surface area contributed by atoms with E-state index in [1.54, 1.807) is 12.1 Å². The number of carbonyl (C=O) groups excluding carboxylic acids is 1. The fourth-order valence-corrected chi connectivity index (χ4v) is 0.977. The summed E-state index contributed by atoms with van der Waals surface area (Å²) in [5, 5.41) is 0. The fraction of sp³-hybridized carbons (Fsp3) is 0.125. The summed E-state index contributed by atoms with van der Waals surface area (Å²) >= 11 is 0. The lowest BCUT2D eigenvalue weighted by Crippen LogP contribution is -2.20. The van der Waals surface area contributed by atoms with Gasteiger partial charge in [-0.15, -0.1) is 0 Å². The van der Waals surface area contributed by atoms with Gasteiger partial charge in [0.1, 0.15) is 0 Å². The zero-order chi connectivity index (χ0) is 8.39. The van der Waals surface area contributed by atoms with Crippen molar-refractivity contribution in [2.24, 2.45) is 0 Å². The highest BCUT2D eigenvalue weighted by Gasteiger charge is 2.24. The second-order valence-electron chi connectivity index (χ2n) is 2.20. The Morgan fingerprint density at radius 2 is 1.83 bits per heavy atom. The molecule has 1 aliphatic heterocycles. The van der Waals surface area contributed by atoms with E-state index in [4.69, 9.17) is 9.47 Å². The summed E-state index contributed by atoms with van der Waals surface area (Å²) < 4.78 is 14.6. The van der Waals surface area contributed by atoms with Crippen LogP contribution in [0.25, 0.3) is 0 Å². The van der Waals surface area contributed by atoms with Gasteiger partial charge in [0, 0.05) is 0 Å². The standard InChI is InChI=1S/C8H6O4/c9-5-10-8-11-6-3-1-2-4-7(6)12-8/h1-5,8H. The molecule has 0 radical (unpaired) electrons. The average Bonchev–Trinajstić information content (AvgIpc) is 2.47. The van der Waals surface area contributed by atoms with Gasteiger partial charge in [-0.3, -0.25) is 4.79 Å². The van der Waals surface area contributed by atoms with Gasteiger partial charge in [0.05, 0.1) is 0 Å². The number of ether oxygens (including phenoxy) is 3. The molecule has 0 amide bonds. The molecule has 0 N–H and O–H groups in total. The molecule has 0 saturated heterocycles. The van der Waals surface area contributed by atoms with E-state index in [2.05, 4.69) is 4.74 Å². The number of rotatable bonds is 2. The average molecular weight is 166 g/mol. The van der Waals surface area contributed by atoms with Crippen LogP contribution in [-0.4, -0.2) is 12.9 Å². The Labute approximate surface area is 68.7 Å². The van der Waals surface area contributed by atoms with E-state index in [9.17, 15) is 4.79 Å². The van der Waals surface area contributed by atoms with E-state index in [1.807, 2.05) is 12.1 Å². The van der Waals surface area contributed by atoms with Gasteiger partial charge in [-0.25, -0.2) is 0 Å². The Balaban J connectivity index is 2.16. The van der Waals surface area contributed by atoms with Gasteiger partial charge in [0.2, 0.25) is 0 Å². The molecule has 0 saturated carbocycles. The Morgan fingerprint density at radius 1 is 1.25 bits per heavy atom. The Hall–Kier alpha value is -1.71. The third kappa shape index (κ3) is 1.07. The van der Waals surface area contributed by atoms with Crippen LogP contribution in [0.15, 0.2) is 24.3 Å². The van der Waals surface area contributed by atoms with Crippen molar-refractivity contribution in [1.29, 1.82) is 0 Å². The Morgan fingerprint density at radius 3 is 2.33 bits per heavy atom. The lowest BCUT2D eigenvalue weighted by molar-refractivity contribution is -0.180. The molecule has 12 heavy (non-hydrogen) atoms. The van der Waals surface area contributed by atoms with Gasteiger partial charge < -0.3 is 14.2 Å². The number of benzene rings is 1. The quantitative estimate of drug-likeness (QED) is 0.612. The molecule has 0 atom stereocenters. The van der Waals surface area contributed by atoms with E-state index in [1.165, 1.54) is 0 Å². The number of hydrogen-bond donors (Lipinski definition) is 0. The second kappa shape index (κ2) is 2.73. The lowest BCUT2D eigenvalue weighted by atomic mass is 10.3. The van der Waals surface area contributed by atoms with Gasteiger partial charge >= 0.3 is 6.48 Å². The van der Waals surface area contributed by atoms with Crippen LogP contribution in [0.3, 0.4) is 0 Å². The number of para-hydroxylation sites is 2. The van der Waals surface area contributed by atoms with Gasteiger partial charge in [-0.2, -0.15) is 0 Å². The van der Waals surface area contributed by atoms with Crippen molar-refractivity contribution >= 4 is 6.47 Å². The second-order valence-corrected chi connectivity index (χ2v) is 2.20. The molecular formula is C8H6O4. The van der Waals surface area contributed by atoms with Crippen molar-refractivity contribution in [3.05, 3.63) is 24.3 Å². The minimum absolute atomic E-state index is 0.288. The van der Waals surface area contributed by atoms with Gasteiger partial charge in [0.25, 0.3) is 6.47 Å². The minimum Gasteiger partial charge on any atom is -0.419 e. The van der Waals surface area contributed by atoms with Crippen molar-refractivity contribution in [1.82, 2.24) is 0 Å². The summed E-state index contributed by atoms with van der Waals surface area (Å²) in [5.74, 6) is 1.17. The first-order chi connectivity index (χ1) is 5.90. The molecule has 1 aliphatic rings. The number of hydrogen-bond acceptors (Lipinski definition) is 4. The van der Waals surface area contributed by atoms with Crippen LogP contribution < -0.4 is 9.47 Å². The molecule has 0 aromatic heterocycles. The molecular weight excluding hydrogens is 160 g/mol. The van der Waals surface area contributed by atoms with Gasteiger partial charge in [-0.1, -0.05) is 12.1 Å². The predicted molar refractivity (Wildman–Crippen MR) is 38.6 cm³/mol. The summed E-state index contributed by atoms with van der Waals surface area (Å²) in [6.07, 6.45) is 0. The van der Waals surface area contributed by atoms with E-state index in [0.29, 0.717) is 11.5 Å². The van der Waals surface area contributed by atoms with Crippen molar-refractivity contribution in [3.8, 4) is 11.5 Å². The summed E-state index contributed by atoms with van der Waals surface area (Å²) in [4.78, 5) is 9.93. The fourth-order valence-electron chi connectivity index (χ4n) is 0.977. The number of fused-ring (bicyclic) bond motifs is 1. The molecule has 4 nitrogen and oxygen atoms in total. The van der Waals surface area contributed by atoms with Gasteiger partial charge in [0.15, 0.2) is 11.5 Å². The predicted octanol–water partition coefficient (Wildman–Crippen LogP) is 0.914. The monoisotopic (exact) mass is 166 g/mol. The van der Waals surface area contributed by atoms with Crippen molar-refractivity contribution < 1.29 is 19.0 Å². The molecule has 1 heterocycles. The lowest BCUT2D eigenvalue weighted by Gasteiger charge is -2.04. The van der Waals surface area contributed by atoms with E-state index < -0.39 is 6.48 Å². The van der Waals surface area contributed by atoms with Crippen LogP contribution in [0, 0.1) is 0 Å². The van der Waals surface area contributed by atoms with Crippen molar-refractivity contribution in [2.45, 2.75) is 6.48 Å². The van der Waals surface area contributed by atoms with Crippen LogP contribution in [0.1, 0.15) is 0 Å². The molecule has 62 valence electrons. The first-order valence-corrected chi connectivity index (χ1v) is 3.41. The smallest absolute Gasteiger partial charge is 0.408 e. The largest absolute Gasteiger partial charge is 0.419 e. The van der Waals surface area contributed by atoms with Crippen LogP contribution in [0.4, 0.5) is 0 Å². The molecule has 0 unspecified atom stereocenters. The third-order valence-corrected chi connectivity index (χ3v) is 1.46. The maximum absolute atomic E-state index is 9.93. The van der Waals surface area contributed by atoms with Crippen LogP contribution >= 0.6 is 0 Å². The van der Waals surface area contributed by atoms with E-state index in [-0.39, 0.29) is 6.47 Å². The molecule has 4 heteroatoms. The highest BCUT2D eigenvalue weighted by atomic mass is 16.9. The molecule has 1 aromatic rings. The van der Waals surface area contributed by atoms with E-state index >= 15 is 0 Å². The molecule has 0 fully saturated rings. The maximum atomic E-state index is 9.93. The van der Waals surface area contributed by atoms with Crippen LogP contribution in [0.2, 0.25) is 0 Å². The highest BCUT2D eigenvalue weighted by Crippen LogP contribution is 2.33. The highest BCUT2D eigenvalue weighted by molar-refractivity contribution is 5.43. The Bertz CT molecular complexity index is 272. The normalized spacial score (nSPS) is 14.3. The molecule has 1 aromatic carbocycles. The molecule has 0 spiro atoms. The zero-order valence-corrected chi connectivity index (χ0v) is 6.10. The molecule has 0 bridgehead atoms. The third-order valence-electron chi connectivity index (χ3n) is 1.46. The Kier molecular flexibility index (Phi) is 1.59. The van der Waals surface area contributed by atoms with Gasteiger partial charge in [-0.05, 0) is 12.1 Å². The summed E-state index contributed by atoms with van der Waals surface area (Å²) in [7, 11) is 0.